The molecule has 0 spiro atoms. The lowest BCUT2D eigenvalue weighted by Crippen LogP contribution is -2.44. The van der Waals surface area contributed by atoms with Gasteiger partial charge in [0.2, 0.25) is 0 Å². The van der Waals surface area contributed by atoms with Gasteiger partial charge in [-0.15, -0.1) is 0 Å². The van der Waals surface area contributed by atoms with E-state index in [1.54, 1.807) is 13.8 Å². The van der Waals surface area contributed by atoms with Crippen LogP contribution in [-0.4, -0.2) is 27.9 Å². The Morgan fingerprint density at radius 3 is 2.45 bits per heavy atom. The fourth-order valence-electron chi connectivity index (χ4n) is 1.58. The van der Waals surface area contributed by atoms with Gasteiger partial charge in [0.25, 0.3) is 11.6 Å². The van der Waals surface area contributed by atoms with Crippen molar-refractivity contribution in [1.82, 2.24) is 5.32 Å². The zero-order chi connectivity index (χ0) is 15.4. The lowest BCUT2D eigenvalue weighted by atomic mass is 10.0. The minimum Gasteiger partial charge on any atom is -0.480 e. The number of nitro groups is 1. The Kier molecular flexibility index (Phi) is 5.04. The Balaban J connectivity index is 3.11. The van der Waals surface area contributed by atoms with Crippen molar-refractivity contribution in [2.75, 3.05) is 0 Å². The molecule has 0 fully saturated rings. The average molecular weight is 301 g/mol. The second-order valence-corrected chi connectivity index (χ2v) is 4.89. The summed E-state index contributed by atoms with van der Waals surface area (Å²) in [5.41, 5.74) is -0.700. The molecule has 0 aromatic heterocycles. The molecular formula is C12H13ClN2O5. The van der Waals surface area contributed by atoms with Crippen LogP contribution in [0.5, 0.6) is 0 Å². The van der Waals surface area contributed by atoms with Crippen LogP contribution in [-0.2, 0) is 4.79 Å². The van der Waals surface area contributed by atoms with Gasteiger partial charge in [-0.1, -0.05) is 25.4 Å². The first-order valence-electron chi connectivity index (χ1n) is 5.71. The summed E-state index contributed by atoms with van der Waals surface area (Å²) in [5.74, 6) is -2.42. The maximum absolute atomic E-state index is 12.0. The second kappa shape index (κ2) is 6.33. The molecule has 0 aliphatic rings. The molecule has 0 radical (unpaired) electrons. The number of hydrogen-bond acceptors (Lipinski definition) is 4. The highest BCUT2D eigenvalue weighted by Gasteiger charge is 2.27. The van der Waals surface area contributed by atoms with Crippen molar-refractivity contribution in [2.45, 2.75) is 19.9 Å². The largest absolute Gasteiger partial charge is 0.480 e. The van der Waals surface area contributed by atoms with E-state index < -0.39 is 28.5 Å². The van der Waals surface area contributed by atoms with Crippen LogP contribution in [0.2, 0.25) is 5.02 Å². The van der Waals surface area contributed by atoms with Gasteiger partial charge in [-0.3, -0.25) is 14.9 Å². The van der Waals surface area contributed by atoms with E-state index in [-0.39, 0.29) is 16.5 Å². The number of nitro benzene ring substituents is 1. The predicted molar refractivity (Wildman–Crippen MR) is 71.8 cm³/mol. The predicted octanol–water partition coefficient (Wildman–Crippen LogP) is 2.09. The van der Waals surface area contributed by atoms with E-state index in [0.717, 1.165) is 12.1 Å². The number of hydrogen-bond donors (Lipinski definition) is 2. The first-order valence-corrected chi connectivity index (χ1v) is 6.09. The Labute approximate surface area is 119 Å². The fourth-order valence-corrected chi connectivity index (χ4v) is 1.75. The summed E-state index contributed by atoms with van der Waals surface area (Å²) in [6.45, 7) is 3.23. The van der Waals surface area contributed by atoms with Gasteiger partial charge < -0.3 is 10.4 Å². The smallest absolute Gasteiger partial charge is 0.326 e. The SMILES string of the molecule is CC(C)[C@H](NC(=O)c1cc(Cl)ccc1[N+](=O)[O-])C(=O)O. The molecule has 1 aromatic carbocycles. The standard InChI is InChI=1S/C12H13ClN2O5/c1-6(2)10(12(17)18)14-11(16)8-5-7(13)3-4-9(8)15(19)20/h3-6,10H,1-2H3,(H,14,16)(H,17,18)/t10-/m0/s1. The number of amides is 1. The highest BCUT2D eigenvalue weighted by molar-refractivity contribution is 6.31. The summed E-state index contributed by atoms with van der Waals surface area (Å²) in [4.78, 5) is 33.2. The molecule has 7 nitrogen and oxygen atoms in total. The summed E-state index contributed by atoms with van der Waals surface area (Å²) in [7, 11) is 0. The summed E-state index contributed by atoms with van der Waals surface area (Å²) >= 11 is 5.71. The van der Waals surface area contributed by atoms with Gasteiger partial charge in [-0.2, -0.15) is 0 Å². The third-order valence-corrected chi connectivity index (χ3v) is 2.85. The molecule has 0 heterocycles. The number of benzene rings is 1. The molecule has 1 atom stereocenters. The Bertz CT molecular complexity index is 559. The average Bonchev–Trinajstić information content (AvgIpc) is 2.34. The minimum atomic E-state index is -1.21. The first-order chi connectivity index (χ1) is 9.23. The summed E-state index contributed by atoms with van der Waals surface area (Å²) in [6.07, 6.45) is 0. The van der Waals surface area contributed by atoms with Gasteiger partial charge in [0.05, 0.1) is 4.92 Å². The molecule has 0 aliphatic carbocycles. The molecule has 1 rings (SSSR count). The molecule has 2 N–H and O–H groups in total. The van der Waals surface area contributed by atoms with E-state index in [1.807, 2.05) is 0 Å². The highest BCUT2D eigenvalue weighted by Crippen LogP contribution is 2.23. The quantitative estimate of drug-likeness (QED) is 0.639. The first kappa shape index (κ1) is 15.9. The van der Waals surface area contributed by atoms with E-state index >= 15 is 0 Å². The molecule has 0 saturated carbocycles. The molecule has 0 aliphatic heterocycles. The van der Waals surface area contributed by atoms with Gasteiger partial charge >= 0.3 is 5.97 Å². The number of halogens is 1. The molecule has 108 valence electrons. The van der Waals surface area contributed by atoms with E-state index in [4.69, 9.17) is 16.7 Å². The van der Waals surface area contributed by atoms with Gasteiger partial charge in [0, 0.05) is 11.1 Å². The van der Waals surface area contributed by atoms with E-state index in [2.05, 4.69) is 5.32 Å². The molecule has 0 unspecified atom stereocenters. The van der Waals surface area contributed by atoms with Crippen LogP contribution >= 0.6 is 11.6 Å². The molecule has 1 amide bonds. The number of carboxylic acids is 1. The van der Waals surface area contributed by atoms with Gasteiger partial charge in [-0.25, -0.2) is 4.79 Å². The Morgan fingerprint density at radius 1 is 1.40 bits per heavy atom. The number of rotatable bonds is 5. The zero-order valence-electron chi connectivity index (χ0n) is 10.8. The number of aliphatic carboxylic acids is 1. The van der Waals surface area contributed by atoms with Crippen LogP contribution in [0.3, 0.4) is 0 Å². The van der Waals surface area contributed by atoms with Crippen LogP contribution in [0.1, 0.15) is 24.2 Å². The van der Waals surface area contributed by atoms with E-state index in [0.29, 0.717) is 0 Å². The van der Waals surface area contributed by atoms with E-state index in [1.165, 1.54) is 6.07 Å². The molecule has 8 heteroatoms. The molecular weight excluding hydrogens is 288 g/mol. The topological polar surface area (TPSA) is 110 Å². The van der Waals surface area contributed by atoms with E-state index in [9.17, 15) is 19.7 Å². The highest BCUT2D eigenvalue weighted by atomic mass is 35.5. The molecule has 0 saturated heterocycles. The maximum atomic E-state index is 12.0. The fraction of sp³-hybridized carbons (Fsp3) is 0.333. The van der Waals surface area contributed by atoms with Crippen LogP contribution in [0.15, 0.2) is 18.2 Å². The lowest BCUT2D eigenvalue weighted by molar-refractivity contribution is -0.385. The van der Waals surface area contributed by atoms with Crippen LogP contribution < -0.4 is 5.32 Å². The third kappa shape index (κ3) is 3.67. The number of carbonyl (C=O) groups excluding carboxylic acids is 1. The monoisotopic (exact) mass is 300 g/mol. The van der Waals surface area contributed by atoms with Crippen molar-refractivity contribution in [3.8, 4) is 0 Å². The Morgan fingerprint density at radius 2 is 2.00 bits per heavy atom. The number of nitrogens with zero attached hydrogens (tertiary/aromatic N) is 1. The van der Waals surface area contributed by atoms with Crippen molar-refractivity contribution >= 4 is 29.2 Å². The molecule has 1 aromatic rings. The zero-order valence-corrected chi connectivity index (χ0v) is 11.5. The third-order valence-electron chi connectivity index (χ3n) is 2.62. The van der Waals surface area contributed by atoms with Crippen molar-refractivity contribution in [3.63, 3.8) is 0 Å². The van der Waals surface area contributed by atoms with Crippen molar-refractivity contribution in [2.24, 2.45) is 5.92 Å². The van der Waals surface area contributed by atoms with Crippen molar-refractivity contribution < 1.29 is 19.6 Å². The van der Waals surface area contributed by atoms with Crippen LogP contribution in [0.25, 0.3) is 0 Å². The van der Waals surface area contributed by atoms with Gasteiger partial charge in [-0.05, 0) is 18.1 Å². The molecule has 0 bridgehead atoms. The summed E-state index contributed by atoms with van der Waals surface area (Å²) in [5, 5.41) is 22.3. The molecule has 20 heavy (non-hydrogen) atoms. The van der Waals surface area contributed by atoms with Gasteiger partial charge in [0.1, 0.15) is 11.6 Å². The summed E-state index contributed by atoms with van der Waals surface area (Å²) in [6, 6.07) is 2.38. The minimum absolute atomic E-state index is 0.150. The second-order valence-electron chi connectivity index (χ2n) is 4.45. The number of carbonyl (C=O) groups is 2. The number of carboxylic acid groups (broad SMARTS) is 1. The Hall–Kier alpha value is -2.15. The van der Waals surface area contributed by atoms with Crippen molar-refractivity contribution in [3.05, 3.63) is 38.9 Å². The van der Waals surface area contributed by atoms with Crippen molar-refractivity contribution in [1.29, 1.82) is 0 Å². The van der Waals surface area contributed by atoms with Crippen LogP contribution in [0, 0.1) is 16.0 Å². The lowest BCUT2D eigenvalue weighted by Gasteiger charge is -2.17. The van der Waals surface area contributed by atoms with Gasteiger partial charge in [0.15, 0.2) is 0 Å². The number of nitrogens with one attached hydrogen (secondary N) is 1. The normalized spacial score (nSPS) is 12.0. The maximum Gasteiger partial charge on any atom is 0.326 e. The van der Waals surface area contributed by atoms with Crippen LogP contribution in [0.4, 0.5) is 5.69 Å². The summed E-state index contributed by atoms with van der Waals surface area (Å²) < 4.78 is 0.